The van der Waals surface area contributed by atoms with Crippen LogP contribution in [0.15, 0.2) is 42.5 Å². The van der Waals surface area contributed by atoms with Crippen molar-refractivity contribution >= 4 is 45.5 Å². The fourth-order valence-corrected chi connectivity index (χ4v) is 6.03. The van der Waals surface area contributed by atoms with Gasteiger partial charge < -0.3 is 18.8 Å². The second-order valence-electron chi connectivity index (χ2n) is 9.92. The number of aromatic nitrogens is 3. The summed E-state index contributed by atoms with van der Waals surface area (Å²) in [5.41, 5.74) is 3.15. The van der Waals surface area contributed by atoms with E-state index in [0.717, 1.165) is 46.8 Å². The minimum Gasteiger partial charge on any atom is -0.472 e. The number of fused-ring (bicyclic) bond motifs is 1. The molecule has 1 aromatic carbocycles. The number of nitrogens with zero attached hydrogens (tertiary/aromatic N) is 4. The number of esters is 1. The third kappa shape index (κ3) is 5.99. The monoisotopic (exact) mass is 600 g/mol. The van der Waals surface area contributed by atoms with E-state index in [2.05, 4.69) is 14.5 Å². The van der Waals surface area contributed by atoms with Crippen LogP contribution >= 0.6 is 22.9 Å². The Hall–Kier alpha value is -3.38. The summed E-state index contributed by atoms with van der Waals surface area (Å²) < 4.78 is 47.4. The summed E-state index contributed by atoms with van der Waals surface area (Å²) >= 11 is 6.95. The maximum Gasteiger partial charge on any atom is 0.337 e. The van der Waals surface area contributed by atoms with Crippen molar-refractivity contribution in [2.45, 2.75) is 38.6 Å². The molecule has 2 aliphatic heterocycles. The largest absolute Gasteiger partial charge is 0.472 e. The summed E-state index contributed by atoms with van der Waals surface area (Å²) in [4.78, 5) is 24.0. The molecule has 6 rings (SSSR count). The topological polar surface area (TPSA) is 78.7 Å². The number of imidazole rings is 1. The van der Waals surface area contributed by atoms with E-state index in [1.165, 1.54) is 25.3 Å². The van der Waals surface area contributed by atoms with E-state index in [9.17, 15) is 13.6 Å². The molecule has 3 aromatic heterocycles. The summed E-state index contributed by atoms with van der Waals surface area (Å²) in [7, 11) is 1.36. The lowest BCUT2D eigenvalue weighted by Crippen LogP contribution is -2.33. The van der Waals surface area contributed by atoms with Crippen LogP contribution in [0, 0.1) is 11.6 Å². The summed E-state index contributed by atoms with van der Waals surface area (Å²) in [6.07, 6.45) is 3.64. The average molecular weight is 601 g/mol. The van der Waals surface area contributed by atoms with E-state index in [-0.39, 0.29) is 24.3 Å². The zero-order valence-corrected chi connectivity index (χ0v) is 23.8. The van der Waals surface area contributed by atoms with Gasteiger partial charge in [-0.1, -0.05) is 17.7 Å². The van der Waals surface area contributed by atoms with Gasteiger partial charge in [0, 0.05) is 31.8 Å². The van der Waals surface area contributed by atoms with Crippen LogP contribution in [-0.2, 0) is 29.2 Å². The van der Waals surface area contributed by atoms with Gasteiger partial charge in [0.25, 0.3) is 0 Å². The molecular weight excluding hydrogens is 574 g/mol. The van der Waals surface area contributed by atoms with Crippen molar-refractivity contribution in [3.8, 4) is 5.88 Å². The Bertz CT molecular complexity index is 1630. The average Bonchev–Trinajstić information content (AvgIpc) is 3.46. The molecular formula is C29H27ClF2N4O4S. The molecule has 2 aliphatic rings. The number of pyridine rings is 1. The molecule has 4 aromatic rings. The van der Waals surface area contributed by atoms with Crippen LogP contribution in [0.2, 0.25) is 4.34 Å². The molecule has 0 saturated carbocycles. The van der Waals surface area contributed by atoms with Gasteiger partial charge in [-0.25, -0.2) is 23.5 Å². The molecule has 0 radical (unpaired) electrons. The Morgan fingerprint density at radius 3 is 2.73 bits per heavy atom. The van der Waals surface area contributed by atoms with Gasteiger partial charge in [0.05, 0.1) is 52.1 Å². The van der Waals surface area contributed by atoms with Gasteiger partial charge in [-0.15, -0.1) is 11.3 Å². The molecule has 0 aliphatic carbocycles. The first-order chi connectivity index (χ1) is 19.9. The lowest BCUT2D eigenvalue weighted by molar-refractivity contribution is -0.0591. The van der Waals surface area contributed by atoms with Gasteiger partial charge in [0.2, 0.25) is 5.88 Å². The lowest BCUT2D eigenvalue weighted by Gasteiger charge is -2.29. The van der Waals surface area contributed by atoms with Crippen molar-refractivity contribution in [3.63, 3.8) is 0 Å². The summed E-state index contributed by atoms with van der Waals surface area (Å²) in [6.45, 7) is 3.18. The first kappa shape index (κ1) is 27.8. The van der Waals surface area contributed by atoms with Gasteiger partial charge in [-0.3, -0.25) is 4.90 Å². The molecule has 0 unspecified atom stereocenters. The Balaban J connectivity index is 1.18. The summed E-state index contributed by atoms with van der Waals surface area (Å²) in [6, 6.07) is 9.36. The molecule has 8 nitrogen and oxygen atoms in total. The predicted molar refractivity (Wildman–Crippen MR) is 151 cm³/mol. The number of hydrogen-bond donors (Lipinski definition) is 0. The number of carbonyl (C=O) groups is 1. The Morgan fingerprint density at radius 1 is 1.20 bits per heavy atom. The first-order valence-corrected chi connectivity index (χ1v) is 14.4. The van der Waals surface area contributed by atoms with E-state index >= 15 is 0 Å². The van der Waals surface area contributed by atoms with Crippen LogP contribution in [0.4, 0.5) is 8.78 Å². The fraction of sp³-hybridized carbons (Fsp3) is 0.345. The third-order valence-electron chi connectivity index (χ3n) is 7.29. The van der Waals surface area contributed by atoms with Crippen LogP contribution in [0.25, 0.3) is 16.6 Å². The van der Waals surface area contributed by atoms with Crippen molar-refractivity contribution in [1.82, 2.24) is 19.4 Å². The van der Waals surface area contributed by atoms with Crippen LogP contribution in [0.5, 0.6) is 5.88 Å². The van der Waals surface area contributed by atoms with Crippen molar-refractivity contribution in [1.29, 1.82) is 0 Å². The normalized spacial score (nSPS) is 17.4. The fourth-order valence-electron chi connectivity index (χ4n) is 4.99. The molecule has 1 atom stereocenters. The summed E-state index contributed by atoms with van der Waals surface area (Å²) in [5, 5.41) is 0. The highest BCUT2D eigenvalue weighted by molar-refractivity contribution is 7.16. The highest BCUT2D eigenvalue weighted by Crippen LogP contribution is 2.29. The van der Waals surface area contributed by atoms with Crippen LogP contribution in [-0.4, -0.2) is 58.3 Å². The molecule has 12 heteroatoms. The van der Waals surface area contributed by atoms with Gasteiger partial charge in [-0.2, -0.15) is 0 Å². The maximum atomic E-state index is 14.8. The molecule has 41 heavy (non-hydrogen) atoms. The molecule has 0 N–H and O–H groups in total. The molecule has 5 heterocycles. The third-order valence-corrected chi connectivity index (χ3v) is 8.50. The quantitative estimate of drug-likeness (QED) is 0.222. The van der Waals surface area contributed by atoms with Crippen LogP contribution < -0.4 is 4.74 Å². The van der Waals surface area contributed by atoms with Crippen LogP contribution in [0.3, 0.4) is 0 Å². The molecule has 1 fully saturated rings. The number of thiophene rings is 1. The maximum absolute atomic E-state index is 14.8. The van der Waals surface area contributed by atoms with Crippen molar-refractivity contribution in [3.05, 3.63) is 80.4 Å². The van der Waals surface area contributed by atoms with Crippen LogP contribution in [0.1, 0.15) is 39.6 Å². The van der Waals surface area contributed by atoms with Gasteiger partial charge in [0.15, 0.2) is 0 Å². The Labute approximate surface area is 244 Å². The number of hydrogen-bond acceptors (Lipinski definition) is 8. The minimum absolute atomic E-state index is 0.0395. The second-order valence-corrected chi connectivity index (χ2v) is 11.7. The first-order valence-electron chi connectivity index (χ1n) is 13.2. The van der Waals surface area contributed by atoms with Gasteiger partial charge in [0.1, 0.15) is 29.8 Å². The lowest BCUT2D eigenvalue weighted by atomic mass is 10.0. The highest BCUT2D eigenvalue weighted by atomic mass is 35.5. The number of methoxy groups -OCH3 is 1. The van der Waals surface area contributed by atoms with E-state index < -0.39 is 17.6 Å². The smallest absolute Gasteiger partial charge is 0.337 e. The standard InChI is InChI=1S/C29H27ClF2N4O4S/c1-38-29(37)18-2-4-22-23(12-18)36(14-19-8-11-39-19)26(33-22)15-35-9-6-17(7-10-35)28-20(31)3-5-27(34-28)40-16-24-21(32)13-25(30)41-24/h2-6,12-13,19H,7-11,14-16H2,1H3/t19-/m0/s1. The Morgan fingerprint density at radius 2 is 2.05 bits per heavy atom. The Kier molecular flexibility index (Phi) is 8.03. The molecule has 214 valence electrons. The van der Waals surface area contributed by atoms with Gasteiger partial charge in [-0.05, 0) is 42.7 Å². The van der Waals surface area contributed by atoms with E-state index in [0.29, 0.717) is 47.4 Å². The molecule has 0 amide bonds. The molecule has 0 bridgehead atoms. The van der Waals surface area contributed by atoms with Crippen molar-refractivity contribution in [2.24, 2.45) is 0 Å². The van der Waals surface area contributed by atoms with Crippen molar-refractivity contribution < 1.29 is 27.8 Å². The zero-order chi connectivity index (χ0) is 28.5. The number of halogens is 3. The number of benzene rings is 1. The van der Waals surface area contributed by atoms with Gasteiger partial charge >= 0.3 is 5.97 Å². The summed E-state index contributed by atoms with van der Waals surface area (Å²) in [5.74, 6) is -0.184. The SMILES string of the molecule is COC(=O)c1ccc2nc(CN3CC=C(c4nc(OCc5sc(Cl)cc5F)ccc4F)CC3)n(C[C@@H]3CCO3)c2c1. The second kappa shape index (κ2) is 11.8. The number of rotatable bonds is 9. The molecule has 0 spiro atoms. The number of ether oxygens (including phenoxy) is 3. The van der Waals surface area contributed by atoms with E-state index in [1.54, 1.807) is 6.07 Å². The van der Waals surface area contributed by atoms with E-state index in [1.807, 2.05) is 18.2 Å². The van der Waals surface area contributed by atoms with E-state index in [4.69, 9.17) is 30.8 Å². The molecule has 1 saturated heterocycles. The zero-order valence-electron chi connectivity index (χ0n) is 22.2. The minimum atomic E-state index is -0.439. The predicted octanol–water partition coefficient (Wildman–Crippen LogP) is 5.87. The number of carbonyl (C=O) groups excluding carboxylic acids is 1. The highest BCUT2D eigenvalue weighted by Gasteiger charge is 2.25. The van der Waals surface area contributed by atoms with Crippen molar-refractivity contribution in [2.75, 3.05) is 26.8 Å².